The van der Waals surface area contributed by atoms with Crippen LogP contribution >= 0.6 is 0 Å². The van der Waals surface area contributed by atoms with E-state index < -0.39 is 10.0 Å². The van der Waals surface area contributed by atoms with Gasteiger partial charge in [0.05, 0.1) is 17.7 Å². The fraction of sp³-hybridized carbons (Fsp3) is 0.350. The molecule has 0 unspecified atom stereocenters. The number of nitrogens with zero attached hydrogens (tertiary/aromatic N) is 1. The number of ether oxygens (including phenoxy) is 1. The molecule has 0 spiro atoms. The summed E-state index contributed by atoms with van der Waals surface area (Å²) in [6.07, 6.45) is 0. The molecule has 1 N–H and O–H groups in total. The fourth-order valence-electron chi connectivity index (χ4n) is 2.40. The lowest BCUT2D eigenvalue weighted by atomic mass is 10.1. The second kappa shape index (κ2) is 8.90. The number of hydrogen-bond donors (Lipinski definition) is 1. The van der Waals surface area contributed by atoms with Crippen molar-refractivity contribution in [3.05, 3.63) is 54.6 Å². The first-order valence-corrected chi connectivity index (χ1v) is 10.2. The van der Waals surface area contributed by atoms with Crippen LogP contribution in [-0.4, -0.2) is 34.0 Å². The molecule has 146 valence electrons. The van der Waals surface area contributed by atoms with Crippen molar-refractivity contribution in [1.29, 1.82) is 0 Å². The Kier molecular flexibility index (Phi) is 6.85. The molecule has 7 heteroatoms. The molecule has 0 aromatic heterocycles. The Bertz CT molecular complexity index is 867. The summed E-state index contributed by atoms with van der Waals surface area (Å²) in [6.45, 7) is 5.56. The molecule has 0 heterocycles. The van der Waals surface area contributed by atoms with Crippen LogP contribution in [0.25, 0.3) is 0 Å². The maximum absolute atomic E-state index is 13.2. The van der Waals surface area contributed by atoms with Crippen molar-refractivity contribution in [2.75, 3.05) is 18.0 Å². The minimum Gasteiger partial charge on any atom is -0.497 e. The van der Waals surface area contributed by atoms with Crippen LogP contribution in [0.5, 0.6) is 5.75 Å². The molecule has 0 aliphatic rings. The van der Waals surface area contributed by atoms with Crippen molar-refractivity contribution in [3.8, 4) is 5.75 Å². The molecule has 0 saturated heterocycles. The van der Waals surface area contributed by atoms with Crippen LogP contribution < -0.4 is 14.4 Å². The molecule has 2 aromatic carbocycles. The van der Waals surface area contributed by atoms with Gasteiger partial charge < -0.3 is 10.1 Å². The van der Waals surface area contributed by atoms with Gasteiger partial charge in [0.2, 0.25) is 5.91 Å². The Morgan fingerprint density at radius 1 is 1.07 bits per heavy atom. The number of carbonyl (C=O) groups excluding carboxylic acids is 1. The summed E-state index contributed by atoms with van der Waals surface area (Å²) >= 11 is 0. The lowest BCUT2D eigenvalue weighted by Crippen LogP contribution is -2.45. The van der Waals surface area contributed by atoms with Crippen molar-refractivity contribution in [2.45, 2.75) is 31.7 Å². The van der Waals surface area contributed by atoms with Crippen LogP contribution in [0.2, 0.25) is 0 Å². The quantitative estimate of drug-likeness (QED) is 0.752. The van der Waals surface area contributed by atoms with E-state index in [1.54, 1.807) is 42.5 Å². The molecule has 0 fully saturated rings. The Hall–Kier alpha value is -2.54. The standard InChI is InChI=1S/C20H26N2O4S/c1-15(2)16(3)21-20(23)14-22(17-9-8-10-18(13-17)26-4)27(24,25)19-11-6-5-7-12-19/h5-13,15-16H,14H2,1-4H3,(H,21,23)/t16-/m1/s1. The third-order valence-corrected chi connectivity index (χ3v) is 6.14. The topological polar surface area (TPSA) is 75.7 Å². The first kappa shape index (κ1) is 20.8. The highest BCUT2D eigenvalue weighted by Crippen LogP contribution is 2.26. The SMILES string of the molecule is COc1cccc(N(CC(=O)N[C@H](C)C(C)C)S(=O)(=O)c2ccccc2)c1. The average Bonchev–Trinajstić information content (AvgIpc) is 2.66. The van der Waals surface area contributed by atoms with E-state index in [9.17, 15) is 13.2 Å². The van der Waals surface area contributed by atoms with Crippen LogP contribution in [0.15, 0.2) is 59.5 Å². The number of anilines is 1. The van der Waals surface area contributed by atoms with Crippen molar-refractivity contribution in [3.63, 3.8) is 0 Å². The molecule has 0 bridgehead atoms. The number of amides is 1. The van der Waals surface area contributed by atoms with Crippen LogP contribution in [0, 0.1) is 5.92 Å². The molecular formula is C20H26N2O4S. The van der Waals surface area contributed by atoms with Gasteiger partial charge in [-0.2, -0.15) is 0 Å². The largest absolute Gasteiger partial charge is 0.497 e. The first-order valence-electron chi connectivity index (χ1n) is 8.77. The molecule has 27 heavy (non-hydrogen) atoms. The lowest BCUT2D eigenvalue weighted by Gasteiger charge is -2.26. The van der Waals surface area contributed by atoms with Gasteiger partial charge in [-0.05, 0) is 37.1 Å². The van der Waals surface area contributed by atoms with Gasteiger partial charge in [-0.25, -0.2) is 8.42 Å². The van der Waals surface area contributed by atoms with Gasteiger partial charge in [-0.3, -0.25) is 9.10 Å². The molecule has 2 aromatic rings. The number of methoxy groups -OCH3 is 1. The third kappa shape index (κ3) is 5.23. The summed E-state index contributed by atoms with van der Waals surface area (Å²) in [4.78, 5) is 12.6. The van der Waals surface area contributed by atoms with Gasteiger partial charge in [0.15, 0.2) is 0 Å². The summed E-state index contributed by atoms with van der Waals surface area (Å²) in [5.74, 6) is 0.389. The lowest BCUT2D eigenvalue weighted by molar-refractivity contribution is -0.120. The molecule has 0 aliphatic heterocycles. The zero-order valence-corrected chi connectivity index (χ0v) is 16.9. The normalized spacial score (nSPS) is 12.5. The maximum Gasteiger partial charge on any atom is 0.264 e. The number of hydrogen-bond acceptors (Lipinski definition) is 4. The van der Waals surface area contributed by atoms with Crippen molar-refractivity contribution in [1.82, 2.24) is 5.32 Å². The minimum absolute atomic E-state index is 0.0657. The van der Waals surface area contributed by atoms with Crippen LogP contribution in [-0.2, 0) is 14.8 Å². The average molecular weight is 391 g/mol. The van der Waals surface area contributed by atoms with Crippen molar-refractivity contribution < 1.29 is 17.9 Å². The number of rotatable bonds is 8. The monoisotopic (exact) mass is 390 g/mol. The van der Waals surface area contributed by atoms with Gasteiger partial charge in [-0.15, -0.1) is 0 Å². The van der Waals surface area contributed by atoms with Crippen LogP contribution in [0.3, 0.4) is 0 Å². The molecule has 2 rings (SSSR count). The van der Waals surface area contributed by atoms with Crippen molar-refractivity contribution >= 4 is 21.6 Å². The van der Waals surface area contributed by atoms with E-state index in [2.05, 4.69) is 5.32 Å². The predicted molar refractivity (Wildman–Crippen MR) is 106 cm³/mol. The van der Waals surface area contributed by atoms with Gasteiger partial charge in [0.25, 0.3) is 10.0 Å². The first-order chi connectivity index (χ1) is 12.8. The molecular weight excluding hydrogens is 364 g/mol. The smallest absolute Gasteiger partial charge is 0.264 e. The molecule has 0 radical (unpaired) electrons. The van der Waals surface area contributed by atoms with Crippen LogP contribution in [0.1, 0.15) is 20.8 Å². The van der Waals surface area contributed by atoms with Crippen LogP contribution in [0.4, 0.5) is 5.69 Å². The maximum atomic E-state index is 13.2. The Balaban J connectivity index is 2.41. The van der Waals surface area contributed by atoms with E-state index in [4.69, 9.17) is 4.74 Å². The third-order valence-electron chi connectivity index (χ3n) is 4.35. The molecule has 6 nitrogen and oxygen atoms in total. The van der Waals surface area contributed by atoms with E-state index in [0.29, 0.717) is 11.4 Å². The summed E-state index contributed by atoms with van der Waals surface area (Å²) in [5.41, 5.74) is 0.366. The predicted octanol–water partition coefficient (Wildman–Crippen LogP) is 3.05. The molecule has 0 aliphatic carbocycles. The van der Waals surface area contributed by atoms with Gasteiger partial charge in [0.1, 0.15) is 12.3 Å². The Morgan fingerprint density at radius 2 is 1.74 bits per heavy atom. The van der Waals surface area contributed by atoms with E-state index in [-0.39, 0.29) is 29.3 Å². The van der Waals surface area contributed by atoms with Crippen molar-refractivity contribution in [2.24, 2.45) is 5.92 Å². The summed E-state index contributed by atoms with van der Waals surface area (Å²) in [5, 5.41) is 2.86. The number of nitrogens with one attached hydrogen (secondary N) is 1. The Labute approximate surface area is 161 Å². The summed E-state index contributed by atoms with van der Waals surface area (Å²) in [6, 6.07) is 14.6. The Morgan fingerprint density at radius 3 is 2.33 bits per heavy atom. The highest BCUT2D eigenvalue weighted by Gasteiger charge is 2.28. The number of sulfonamides is 1. The van der Waals surface area contributed by atoms with Gasteiger partial charge in [0, 0.05) is 12.1 Å². The zero-order valence-electron chi connectivity index (χ0n) is 16.0. The van der Waals surface area contributed by atoms with E-state index >= 15 is 0 Å². The molecule has 1 atom stereocenters. The van der Waals surface area contributed by atoms with E-state index in [0.717, 1.165) is 4.31 Å². The minimum atomic E-state index is -3.91. The fourth-order valence-corrected chi connectivity index (χ4v) is 3.83. The van der Waals surface area contributed by atoms with E-state index in [1.165, 1.54) is 19.2 Å². The van der Waals surface area contributed by atoms with Gasteiger partial charge in [-0.1, -0.05) is 38.1 Å². The number of carbonyl (C=O) groups is 1. The van der Waals surface area contributed by atoms with E-state index in [1.807, 2.05) is 20.8 Å². The molecule has 1 amide bonds. The van der Waals surface area contributed by atoms with Gasteiger partial charge >= 0.3 is 0 Å². The second-order valence-corrected chi connectivity index (χ2v) is 8.49. The summed E-state index contributed by atoms with van der Waals surface area (Å²) in [7, 11) is -2.41. The number of benzene rings is 2. The molecule has 0 saturated carbocycles. The zero-order chi connectivity index (χ0) is 20.0. The highest BCUT2D eigenvalue weighted by molar-refractivity contribution is 7.92. The summed E-state index contributed by atoms with van der Waals surface area (Å²) < 4.78 is 32.7. The highest BCUT2D eigenvalue weighted by atomic mass is 32.2. The second-order valence-electron chi connectivity index (χ2n) is 6.63.